The first-order chi connectivity index (χ1) is 11.0. The van der Waals surface area contributed by atoms with E-state index in [0.717, 1.165) is 29.6 Å². The molecule has 4 saturated carbocycles. The van der Waals surface area contributed by atoms with Crippen molar-refractivity contribution in [3.05, 3.63) is 11.6 Å². The maximum Gasteiger partial charge on any atom is 0.0911 e. The molecular formula is C22H33N. The Balaban J connectivity index is 1.63. The van der Waals surface area contributed by atoms with Crippen LogP contribution in [0, 0.1) is 51.8 Å². The van der Waals surface area contributed by atoms with E-state index in [1.165, 1.54) is 63.4 Å². The molecule has 23 heavy (non-hydrogen) atoms. The van der Waals surface area contributed by atoms with Gasteiger partial charge in [-0.3, -0.25) is 0 Å². The van der Waals surface area contributed by atoms with E-state index in [1.54, 1.807) is 0 Å². The van der Waals surface area contributed by atoms with E-state index in [1.807, 2.05) is 6.08 Å². The van der Waals surface area contributed by atoms with Crippen molar-refractivity contribution < 1.29 is 0 Å². The molecule has 7 unspecified atom stereocenters. The van der Waals surface area contributed by atoms with Gasteiger partial charge in [-0.25, -0.2) is 0 Å². The zero-order valence-corrected chi connectivity index (χ0v) is 15.3. The van der Waals surface area contributed by atoms with Crippen LogP contribution >= 0.6 is 0 Å². The van der Waals surface area contributed by atoms with Crippen molar-refractivity contribution in [2.75, 3.05) is 0 Å². The lowest BCUT2D eigenvalue weighted by atomic mass is 9.44. The highest BCUT2D eigenvalue weighted by Gasteiger charge is 2.58. The highest BCUT2D eigenvalue weighted by molar-refractivity contribution is 5.28. The Labute approximate surface area is 142 Å². The average Bonchev–Trinajstić information content (AvgIpc) is 2.85. The standard InChI is InChI=1S/C22H33N/c1-15-8-11-22(3)17(14-15)4-6-18-19-7-5-16(10-13-23)21(19,2)12-9-20(18)22/h10,15,17-20H,4-9,11-12,14H2,1-3H3/b16-10-. The molecule has 4 rings (SSSR count). The van der Waals surface area contributed by atoms with Crippen LogP contribution in [0.1, 0.15) is 78.6 Å². The largest absolute Gasteiger partial charge is 0.193 e. The molecule has 0 aromatic carbocycles. The van der Waals surface area contributed by atoms with Crippen LogP contribution in [0.15, 0.2) is 11.6 Å². The van der Waals surface area contributed by atoms with Crippen molar-refractivity contribution in [1.82, 2.24) is 0 Å². The van der Waals surface area contributed by atoms with Gasteiger partial charge in [0.1, 0.15) is 0 Å². The summed E-state index contributed by atoms with van der Waals surface area (Å²) in [5.41, 5.74) is 2.45. The molecule has 0 bridgehead atoms. The van der Waals surface area contributed by atoms with Crippen LogP contribution in [0.2, 0.25) is 0 Å². The lowest BCUT2D eigenvalue weighted by Crippen LogP contribution is -2.52. The summed E-state index contributed by atoms with van der Waals surface area (Å²) in [6.45, 7) is 7.62. The summed E-state index contributed by atoms with van der Waals surface area (Å²) >= 11 is 0. The lowest BCUT2D eigenvalue weighted by Gasteiger charge is -2.60. The van der Waals surface area contributed by atoms with E-state index < -0.39 is 0 Å². The Morgan fingerprint density at radius 2 is 1.87 bits per heavy atom. The highest BCUT2D eigenvalue weighted by Crippen LogP contribution is 2.67. The summed E-state index contributed by atoms with van der Waals surface area (Å²) in [5.74, 6) is 4.71. The molecule has 0 N–H and O–H groups in total. The van der Waals surface area contributed by atoms with Gasteiger partial charge < -0.3 is 0 Å². The third-order valence-corrected chi connectivity index (χ3v) is 9.01. The molecule has 1 heteroatoms. The number of rotatable bonds is 0. The summed E-state index contributed by atoms with van der Waals surface area (Å²) in [4.78, 5) is 0. The number of nitrogens with zero attached hydrogens (tertiary/aromatic N) is 1. The fourth-order valence-corrected chi connectivity index (χ4v) is 7.64. The quantitative estimate of drug-likeness (QED) is 0.495. The molecule has 1 nitrogen and oxygen atoms in total. The van der Waals surface area contributed by atoms with E-state index in [2.05, 4.69) is 26.8 Å². The van der Waals surface area contributed by atoms with Crippen LogP contribution in [0.5, 0.6) is 0 Å². The van der Waals surface area contributed by atoms with Crippen molar-refractivity contribution in [1.29, 1.82) is 5.26 Å². The van der Waals surface area contributed by atoms with Crippen LogP contribution in [0.4, 0.5) is 0 Å². The van der Waals surface area contributed by atoms with Gasteiger partial charge in [-0.15, -0.1) is 0 Å². The fraction of sp³-hybridized carbons (Fsp3) is 0.864. The fourth-order valence-electron chi connectivity index (χ4n) is 7.64. The normalized spacial score (nSPS) is 54.0. The number of allylic oxidation sites excluding steroid dienone is 2. The summed E-state index contributed by atoms with van der Waals surface area (Å²) in [6, 6.07) is 2.34. The van der Waals surface area contributed by atoms with Gasteiger partial charge in [0.2, 0.25) is 0 Å². The van der Waals surface area contributed by atoms with Gasteiger partial charge in [0.25, 0.3) is 0 Å². The monoisotopic (exact) mass is 311 g/mol. The molecule has 0 spiro atoms. The minimum atomic E-state index is 0.349. The Morgan fingerprint density at radius 1 is 1.04 bits per heavy atom. The van der Waals surface area contributed by atoms with Crippen molar-refractivity contribution >= 4 is 0 Å². The van der Waals surface area contributed by atoms with Crippen LogP contribution in [-0.4, -0.2) is 0 Å². The Kier molecular flexibility index (Phi) is 3.67. The molecule has 126 valence electrons. The minimum absolute atomic E-state index is 0.349. The van der Waals surface area contributed by atoms with Gasteiger partial charge >= 0.3 is 0 Å². The molecule has 4 aliphatic carbocycles. The number of hydrogen-bond acceptors (Lipinski definition) is 1. The highest BCUT2D eigenvalue weighted by atomic mass is 14.6. The summed E-state index contributed by atoms with van der Waals surface area (Å²) in [7, 11) is 0. The summed E-state index contributed by atoms with van der Waals surface area (Å²) in [5, 5.41) is 9.16. The zero-order valence-electron chi connectivity index (χ0n) is 15.3. The predicted molar refractivity (Wildman–Crippen MR) is 94.6 cm³/mol. The summed E-state index contributed by atoms with van der Waals surface area (Å²) in [6.07, 6.45) is 14.6. The SMILES string of the molecule is CC1CCC2(C)C(CCC3C4CC/C(=C/C#N)C4(C)CCC32)C1. The van der Waals surface area contributed by atoms with Crippen LogP contribution in [-0.2, 0) is 0 Å². The number of fused-ring (bicyclic) bond motifs is 5. The second-order valence-electron chi connectivity index (χ2n) is 9.83. The van der Waals surface area contributed by atoms with Gasteiger partial charge in [-0.2, -0.15) is 5.26 Å². The second-order valence-corrected chi connectivity index (χ2v) is 9.83. The summed E-state index contributed by atoms with van der Waals surface area (Å²) < 4.78 is 0. The molecule has 7 atom stereocenters. The van der Waals surface area contributed by atoms with E-state index in [4.69, 9.17) is 5.26 Å². The van der Waals surface area contributed by atoms with Gasteiger partial charge in [0.15, 0.2) is 0 Å². The average molecular weight is 312 g/mol. The van der Waals surface area contributed by atoms with Crippen LogP contribution < -0.4 is 0 Å². The number of nitriles is 1. The van der Waals surface area contributed by atoms with Crippen molar-refractivity contribution in [2.24, 2.45) is 40.4 Å². The Bertz CT molecular complexity index is 555. The van der Waals surface area contributed by atoms with Gasteiger partial charge in [0.05, 0.1) is 6.07 Å². The topological polar surface area (TPSA) is 23.8 Å². The molecule has 0 aromatic rings. The molecule has 0 aromatic heterocycles. The first-order valence-corrected chi connectivity index (χ1v) is 10.1. The maximum atomic E-state index is 9.16. The molecule has 0 saturated heterocycles. The lowest BCUT2D eigenvalue weighted by molar-refractivity contribution is -0.105. The first-order valence-electron chi connectivity index (χ1n) is 10.1. The van der Waals surface area contributed by atoms with Crippen LogP contribution in [0.3, 0.4) is 0 Å². The minimum Gasteiger partial charge on any atom is -0.193 e. The smallest absolute Gasteiger partial charge is 0.0911 e. The van der Waals surface area contributed by atoms with E-state index >= 15 is 0 Å². The number of hydrogen-bond donors (Lipinski definition) is 0. The maximum absolute atomic E-state index is 9.16. The van der Waals surface area contributed by atoms with E-state index in [9.17, 15) is 0 Å². The first kappa shape index (κ1) is 15.7. The van der Waals surface area contributed by atoms with Gasteiger partial charge in [0, 0.05) is 6.08 Å². The van der Waals surface area contributed by atoms with Gasteiger partial charge in [-0.1, -0.05) is 32.8 Å². The molecule has 0 amide bonds. The third-order valence-electron chi connectivity index (χ3n) is 9.01. The molecule has 0 radical (unpaired) electrons. The van der Waals surface area contributed by atoms with Gasteiger partial charge in [-0.05, 0) is 91.8 Å². The van der Waals surface area contributed by atoms with E-state index in [-0.39, 0.29) is 0 Å². The predicted octanol–water partition coefficient (Wildman–Crippen LogP) is 6.12. The third kappa shape index (κ3) is 2.16. The van der Waals surface area contributed by atoms with Crippen LogP contribution in [0.25, 0.3) is 0 Å². The van der Waals surface area contributed by atoms with Crippen molar-refractivity contribution in [3.63, 3.8) is 0 Å². The Hall–Kier alpha value is -0.770. The molecule has 4 fully saturated rings. The molecule has 0 heterocycles. The molecule has 4 aliphatic rings. The molecule has 0 aliphatic heterocycles. The second kappa shape index (κ2) is 5.37. The Morgan fingerprint density at radius 3 is 2.65 bits per heavy atom. The molecular weight excluding hydrogens is 278 g/mol. The van der Waals surface area contributed by atoms with Crippen molar-refractivity contribution in [3.8, 4) is 6.07 Å². The zero-order chi connectivity index (χ0) is 16.2. The van der Waals surface area contributed by atoms with Crippen molar-refractivity contribution in [2.45, 2.75) is 78.6 Å². The van der Waals surface area contributed by atoms with E-state index in [0.29, 0.717) is 10.8 Å².